The second-order valence-electron chi connectivity index (χ2n) is 9.06. The molecule has 1 N–H and O–H groups in total. The number of pyridine rings is 1. The molecule has 0 saturated carbocycles. The fraction of sp³-hybridized carbons (Fsp3) is 0.214. The van der Waals surface area contributed by atoms with Crippen molar-refractivity contribution in [2.75, 3.05) is 26.3 Å². The molecule has 39 heavy (non-hydrogen) atoms. The van der Waals surface area contributed by atoms with Gasteiger partial charge >= 0.3 is 0 Å². The Bertz CT molecular complexity index is 1720. The van der Waals surface area contributed by atoms with Crippen molar-refractivity contribution in [3.8, 4) is 0 Å². The van der Waals surface area contributed by atoms with E-state index in [9.17, 15) is 18.0 Å². The summed E-state index contributed by atoms with van der Waals surface area (Å²) in [5, 5.41) is 3.89. The average molecular weight is 586 g/mol. The lowest BCUT2D eigenvalue weighted by Gasteiger charge is -2.26. The van der Waals surface area contributed by atoms with Gasteiger partial charge in [0, 0.05) is 47.8 Å². The molecule has 0 radical (unpaired) electrons. The number of aromatic nitrogens is 1. The van der Waals surface area contributed by atoms with E-state index < -0.39 is 21.4 Å². The van der Waals surface area contributed by atoms with Gasteiger partial charge in [-0.1, -0.05) is 59.6 Å². The number of halogens is 2. The maximum Gasteiger partial charge on any atom is 0.257 e. The molecule has 2 heterocycles. The zero-order chi connectivity index (χ0) is 27.6. The molecule has 4 aromatic rings. The predicted octanol–water partition coefficient (Wildman–Crippen LogP) is 4.31. The molecule has 3 aromatic carbocycles. The molecule has 1 aliphatic heterocycles. The summed E-state index contributed by atoms with van der Waals surface area (Å²) in [6.45, 7) is 1.42. The summed E-state index contributed by atoms with van der Waals surface area (Å²) in [4.78, 5) is 26.9. The quantitative estimate of drug-likeness (QED) is 0.348. The van der Waals surface area contributed by atoms with Gasteiger partial charge in [0.15, 0.2) is 0 Å². The van der Waals surface area contributed by atoms with Crippen molar-refractivity contribution < 1.29 is 17.9 Å². The van der Waals surface area contributed by atoms with Crippen molar-refractivity contribution in [3.63, 3.8) is 0 Å². The van der Waals surface area contributed by atoms with Crippen LogP contribution in [0, 0.1) is 0 Å². The minimum Gasteiger partial charge on any atom is -0.379 e. The van der Waals surface area contributed by atoms with Crippen LogP contribution in [0.4, 0.5) is 0 Å². The average Bonchev–Trinajstić information content (AvgIpc) is 2.95. The number of benzene rings is 3. The van der Waals surface area contributed by atoms with Crippen LogP contribution >= 0.6 is 23.2 Å². The van der Waals surface area contributed by atoms with Crippen LogP contribution in [0.15, 0.2) is 82.6 Å². The summed E-state index contributed by atoms with van der Waals surface area (Å²) in [6.07, 6.45) is 1.48. The molecule has 0 aliphatic carbocycles. The zero-order valence-corrected chi connectivity index (χ0v) is 23.1. The highest BCUT2D eigenvalue weighted by Crippen LogP contribution is 2.24. The van der Waals surface area contributed by atoms with Crippen LogP contribution < -0.4 is 10.7 Å². The Balaban J connectivity index is 1.59. The number of fused-ring (bicyclic) bond motifs is 1. The summed E-state index contributed by atoms with van der Waals surface area (Å²) in [5.74, 6) is -0.601. The number of rotatable bonds is 7. The normalized spacial score (nSPS) is 14.4. The molecule has 0 unspecified atom stereocenters. The molecule has 1 aromatic heterocycles. The van der Waals surface area contributed by atoms with Crippen molar-refractivity contribution >= 4 is 50.0 Å². The van der Waals surface area contributed by atoms with Crippen LogP contribution in [0.25, 0.3) is 10.9 Å². The van der Waals surface area contributed by atoms with Crippen molar-refractivity contribution in [1.82, 2.24) is 14.2 Å². The van der Waals surface area contributed by atoms with E-state index in [0.717, 1.165) is 5.56 Å². The summed E-state index contributed by atoms with van der Waals surface area (Å²) >= 11 is 12.6. The number of morpholine rings is 1. The highest BCUT2D eigenvalue weighted by atomic mass is 35.5. The molecule has 11 heteroatoms. The number of amides is 1. The van der Waals surface area contributed by atoms with E-state index in [1.807, 2.05) is 18.2 Å². The van der Waals surface area contributed by atoms with Gasteiger partial charge in [-0.3, -0.25) is 9.59 Å². The Morgan fingerprint density at radius 3 is 2.23 bits per heavy atom. The summed E-state index contributed by atoms with van der Waals surface area (Å²) < 4.78 is 35.0. The first kappa shape index (κ1) is 27.4. The Morgan fingerprint density at radius 1 is 0.923 bits per heavy atom. The third-order valence-electron chi connectivity index (χ3n) is 6.60. The number of carbonyl (C=O) groups excluding carboxylic acids is 1. The van der Waals surface area contributed by atoms with Gasteiger partial charge < -0.3 is 14.6 Å². The number of carbonyl (C=O) groups is 1. The fourth-order valence-corrected chi connectivity index (χ4v) is 6.32. The maximum absolute atomic E-state index is 13.6. The van der Waals surface area contributed by atoms with Gasteiger partial charge in [0.05, 0.1) is 23.6 Å². The Labute approximate surface area is 235 Å². The molecule has 0 spiro atoms. The molecule has 5 rings (SSSR count). The van der Waals surface area contributed by atoms with Crippen molar-refractivity contribution in [2.45, 2.75) is 18.0 Å². The third-order valence-corrected chi connectivity index (χ3v) is 9.23. The van der Waals surface area contributed by atoms with E-state index in [1.165, 1.54) is 22.6 Å². The van der Waals surface area contributed by atoms with Gasteiger partial charge in [-0.15, -0.1) is 0 Å². The topological polar surface area (TPSA) is 97.7 Å². The summed E-state index contributed by atoms with van der Waals surface area (Å²) in [7, 11) is -3.86. The van der Waals surface area contributed by atoms with E-state index in [4.69, 9.17) is 27.9 Å². The summed E-state index contributed by atoms with van der Waals surface area (Å²) in [6, 6.07) is 18.8. The van der Waals surface area contributed by atoms with Gasteiger partial charge in [0.2, 0.25) is 15.5 Å². The van der Waals surface area contributed by atoms with Crippen molar-refractivity contribution in [3.05, 3.63) is 110 Å². The first-order chi connectivity index (χ1) is 18.8. The van der Waals surface area contributed by atoms with Crippen molar-refractivity contribution in [2.24, 2.45) is 0 Å². The van der Waals surface area contributed by atoms with Crippen LogP contribution in [0.5, 0.6) is 0 Å². The number of sulfonamides is 1. The maximum atomic E-state index is 13.6. The largest absolute Gasteiger partial charge is 0.379 e. The highest BCUT2D eigenvalue weighted by Gasteiger charge is 2.27. The van der Waals surface area contributed by atoms with Crippen LogP contribution in [0.3, 0.4) is 0 Å². The molecule has 202 valence electrons. The van der Waals surface area contributed by atoms with E-state index >= 15 is 0 Å². The van der Waals surface area contributed by atoms with Gasteiger partial charge in [-0.2, -0.15) is 4.31 Å². The molecule has 1 saturated heterocycles. The minimum atomic E-state index is -3.86. The number of hydrogen-bond acceptors (Lipinski definition) is 5. The second kappa shape index (κ2) is 11.5. The summed E-state index contributed by atoms with van der Waals surface area (Å²) in [5.41, 5.74) is 1.25. The monoisotopic (exact) mass is 585 g/mol. The minimum absolute atomic E-state index is 0.0214. The predicted molar refractivity (Wildman–Crippen MR) is 151 cm³/mol. The van der Waals surface area contributed by atoms with Crippen LogP contribution in [0.1, 0.15) is 21.5 Å². The number of hydrogen-bond donors (Lipinski definition) is 1. The Kier molecular flexibility index (Phi) is 8.06. The van der Waals surface area contributed by atoms with E-state index in [1.54, 1.807) is 41.0 Å². The van der Waals surface area contributed by atoms with E-state index in [2.05, 4.69) is 5.32 Å². The Morgan fingerprint density at radius 2 is 1.56 bits per heavy atom. The van der Waals surface area contributed by atoms with Crippen molar-refractivity contribution in [1.29, 1.82) is 0 Å². The van der Waals surface area contributed by atoms with Gasteiger partial charge in [-0.05, 0) is 41.5 Å². The van der Waals surface area contributed by atoms with E-state index in [0.29, 0.717) is 34.3 Å². The van der Waals surface area contributed by atoms with Gasteiger partial charge in [0.25, 0.3) is 5.91 Å². The lowest BCUT2D eigenvalue weighted by Crippen LogP contribution is -2.40. The van der Waals surface area contributed by atoms with Gasteiger partial charge in [-0.25, -0.2) is 8.42 Å². The van der Waals surface area contributed by atoms with E-state index in [-0.39, 0.29) is 42.0 Å². The molecule has 1 aliphatic rings. The molecule has 0 bridgehead atoms. The van der Waals surface area contributed by atoms with Crippen LogP contribution in [-0.4, -0.2) is 49.5 Å². The fourth-order valence-electron chi connectivity index (χ4n) is 4.49. The zero-order valence-electron chi connectivity index (χ0n) is 20.8. The first-order valence-corrected chi connectivity index (χ1v) is 14.5. The molecule has 0 atom stereocenters. The second-order valence-corrected chi connectivity index (χ2v) is 11.8. The SMILES string of the molecule is O=C(NCc1ccccc1Cl)c1cn(Cc2ccccc2Cl)c2ccc(S(=O)(=O)N3CCOCC3)cc2c1=O. The molecular weight excluding hydrogens is 561 g/mol. The van der Waals surface area contributed by atoms with Crippen LogP contribution in [-0.2, 0) is 27.8 Å². The first-order valence-electron chi connectivity index (χ1n) is 12.3. The van der Waals surface area contributed by atoms with Gasteiger partial charge in [0.1, 0.15) is 5.56 Å². The lowest BCUT2D eigenvalue weighted by molar-refractivity contribution is 0.0730. The Hall–Kier alpha value is -3.21. The lowest BCUT2D eigenvalue weighted by atomic mass is 10.1. The number of ether oxygens (including phenoxy) is 1. The molecule has 1 fully saturated rings. The molecule has 8 nitrogen and oxygen atoms in total. The smallest absolute Gasteiger partial charge is 0.257 e. The highest BCUT2D eigenvalue weighted by molar-refractivity contribution is 7.89. The number of nitrogens with zero attached hydrogens (tertiary/aromatic N) is 2. The standard InChI is InChI=1S/C28H25Cl2N3O5S/c29-24-7-3-1-5-19(24)16-31-28(35)23-18-32(17-20-6-2-4-8-25(20)30)26-10-9-21(15-22(26)27(23)34)39(36,37)33-11-13-38-14-12-33/h1-10,15,18H,11-14,16-17H2,(H,31,35). The number of nitrogens with one attached hydrogen (secondary N) is 1. The van der Waals surface area contributed by atoms with Crippen LogP contribution in [0.2, 0.25) is 10.0 Å². The third kappa shape index (κ3) is 5.73. The molecule has 1 amide bonds. The molecular formula is C28H25Cl2N3O5S.